The molecule has 2 rings (SSSR count). The zero-order chi connectivity index (χ0) is 13.1. The molecule has 0 bridgehead atoms. The van der Waals surface area contributed by atoms with Crippen LogP contribution in [0.5, 0.6) is 11.5 Å². The molecule has 4 heteroatoms. The maximum absolute atomic E-state index is 12.2. The molecule has 92 valence electrons. The van der Waals surface area contributed by atoms with Crippen molar-refractivity contribution in [2.24, 2.45) is 0 Å². The van der Waals surface area contributed by atoms with Gasteiger partial charge in [-0.05, 0) is 6.07 Å². The van der Waals surface area contributed by atoms with Crippen LogP contribution < -0.4 is 10.5 Å². The highest BCUT2D eigenvalue weighted by molar-refractivity contribution is 6.11. The van der Waals surface area contributed by atoms with Crippen LogP contribution in [-0.2, 0) is 0 Å². The Balaban J connectivity index is 2.46. The fraction of sp³-hybridized carbons (Fsp3) is 0.0714. The topological polar surface area (TPSA) is 72.5 Å². The first-order valence-corrected chi connectivity index (χ1v) is 5.39. The Morgan fingerprint density at radius 3 is 2.50 bits per heavy atom. The average molecular weight is 243 g/mol. The van der Waals surface area contributed by atoms with E-state index < -0.39 is 0 Å². The van der Waals surface area contributed by atoms with Crippen LogP contribution >= 0.6 is 0 Å². The average Bonchev–Trinajstić information content (AvgIpc) is 2.41. The molecule has 0 fully saturated rings. The Morgan fingerprint density at radius 2 is 1.89 bits per heavy atom. The van der Waals surface area contributed by atoms with Gasteiger partial charge in [0.15, 0.2) is 5.78 Å². The third-order valence-corrected chi connectivity index (χ3v) is 2.63. The zero-order valence-corrected chi connectivity index (χ0v) is 9.88. The molecule has 0 spiro atoms. The van der Waals surface area contributed by atoms with Gasteiger partial charge in [0, 0.05) is 11.6 Å². The molecule has 0 heterocycles. The number of carbonyl (C=O) groups is 1. The van der Waals surface area contributed by atoms with Crippen molar-refractivity contribution in [3.05, 3.63) is 53.6 Å². The molecule has 2 aromatic carbocycles. The number of methoxy groups -OCH3 is 1. The first-order valence-electron chi connectivity index (χ1n) is 5.39. The van der Waals surface area contributed by atoms with Crippen LogP contribution in [0.2, 0.25) is 0 Å². The number of ether oxygens (including phenoxy) is 1. The van der Waals surface area contributed by atoms with Gasteiger partial charge in [-0.3, -0.25) is 4.79 Å². The van der Waals surface area contributed by atoms with Crippen molar-refractivity contribution in [2.45, 2.75) is 0 Å². The number of benzene rings is 2. The van der Waals surface area contributed by atoms with Gasteiger partial charge in [0.2, 0.25) is 0 Å². The summed E-state index contributed by atoms with van der Waals surface area (Å²) in [6.45, 7) is 0. The summed E-state index contributed by atoms with van der Waals surface area (Å²) in [5.74, 6) is -0.0746. The summed E-state index contributed by atoms with van der Waals surface area (Å²) in [6, 6.07) is 11.5. The fourth-order valence-electron chi connectivity index (χ4n) is 1.69. The molecule has 3 N–H and O–H groups in total. The van der Waals surface area contributed by atoms with Crippen LogP contribution in [0.1, 0.15) is 15.9 Å². The van der Waals surface area contributed by atoms with Crippen molar-refractivity contribution < 1.29 is 14.6 Å². The molecule has 18 heavy (non-hydrogen) atoms. The lowest BCUT2D eigenvalue weighted by Gasteiger charge is -2.09. The number of nitrogens with two attached hydrogens (primary N) is 1. The van der Waals surface area contributed by atoms with Crippen LogP contribution in [0.4, 0.5) is 5.69 Å². The summed E-state index contributed by atoms with van der Waals surface area (Å²) in [7, 11) is 1.45. The van der Waals surface area contributed by atoms with E-state index in [-0.39, 0.29) is 17.1 Å². The zero-order valence-electron chi connectivity index (χ0n) is 9.88. The van der Waals surface area contributed by atoms with Gasteiger partial charge in [-0.15, -0.1) is 0 Å². The minimum atomic E-state index is -0.276. The quantitative estimate of drug-likeness (QED) is 0.492. The molecule has 4 nitrogen and oxygen atoms in total. The standard InChI is InChI=1S/C14H13NO3/c1-18-13-8-12(16)10(7-11(13)15)14(17)9-5-3-2-4-6-9/h2-8,16H,15H2,1H3. The number of anilines is 1. The largest absolute Gasteiger partial charge is 0.507 e. The highest BCUT2D eigenvalue weighted by atomic mass is 16.5. The van der Waals surface area contributed by atoms with E-state index in [1.54, 1.807) is 24.3 Å². The van der Waals surface area contributed by atoms with Crippen molar-refractivity contribution in [1.82, 2.24) is 0 Å². The number of aromatic hydroxyl groups is 1. The van der Waals surface area contributed by atoms with Gasteiger partial charge in [-0.2, -0.15) is 0 Å². The van der Waals surface area contributed by atoms with Crippen LogP contribution in [-0.4, -0.2) is 18.0 Å². The lowest BCUT2D eigenvalue weighted by atomic mass is 10.0. The van der Waals surface area contributed by atoms with Crippen LogP contribution in [0.25, 0.3) is 0 Å². The SMILES string of the molecule is COc1cc(O)c(C(=O)c2ccccc2)cc1N. The van der Waals surface area contributed by atoms with Crippen molar-refractivity contribution in [2.75, 3.05) is 12.8 Å². The van der Waals surface area contributed by atoms with E-state index in [0.717, 1.165) is 0 Å². The normalized spacial score (nSPS) is 10.1. The molecule has 0 saturated carbocycles. The summed E-state index contributed by atoms with van der Waals surface area (Å²) < 4.78 is 4.97. The minimum Gasteiger partial charge on any atom is -0.507 e. The highest BCUT2D eigenvalue weighted by Gasteiger charge is 2.16. The predicted molar refractivity (Wildman–Crippen MR) is 68.9 cm³/mol. The lowest BCUT2D eigenvalue weighted by molar-refractivity contribution is 0.103. The molecular formula is C14H13NO3. The molecular weight excluding hydrogens is 230 g/mol. The van der Waals surface area contributed by atoms with E-state index in [1.165, 1.54) is 19.2 Å². The molecule has 0 atom stereocenters. The molecule has 0 aliphatic heterocycles. The van der Waals surface area contributed by atoms with E-state index in [0.29, 0.717) is 17.0 Å². The summed E-state index contributed by atoms with van der Waals surface area (Å²) >= 11 is 0. The Kier molecular flexibility index (Phi) is 3.19. The van der Waals surface area contributed by atoms with Crippen molar-refractivity contribution >= 4 is 11.5 Å². The maximum Gasteiger partial charge on any atom is 0.196 e. The fourth-order valence-corrected chi connectivity index (χ4v) is 1.69. The minimum absolute atomic E-state index is 0.144. The van der Waals surface area contributed by atoms with Gasteiger partial charge >= 0.3 is 0 Å². The lowest BCUT2D eigenvalue weighted by Crippen LogP contribution is -2.03. The summed E-state index contributed by atoms with van der Waals surface area (Å²) in [6.07, 6.45) is 0. The second kappa shape index (κ2) is 4.79. The number of hydrogen-bond acceptors (Lipinski definition) is 4. The van der Waals surface area contributed by atoms with Gasteiger partial charge < -0.3 is 15.6 Å². The first kappa shape index (κ1) is 12.0. The van der Waals surface area contributed by atoms with Crippen molar-refractivity contribution in [3.8, 4) is 11.5 Å². The van der Waals surface area contributed by atoms with E-state index in [4.69, 9.17) is 10.5 Å². The number of hydrogen-bond donors (Lipinski definition) is 2. The number of nitrogen functional groups attached to an aromatic ring is 1. The second-order valence-corrected chi connectivity index (χ2v) is 3.81. The molecule has 0 saturated heterocycles. The van der Waals surface area contributed by atoms with Crippen LogP contribution in [0.15, 0.2) is 42.5 Å². The van der Waals surface area contributed by atoms with Gasteiger partial charge in [-0.25, -0.2) is 0 Å². The smallest absolute Gasteiger partial charge is 0.196 e. The molecule has 0 aromatic heterocycles. The third-order valence-electron chi connectivity index (χ3n) is 2.63. The van der Waals surface area contributed by atoms with Gasteiger partial charge in [0.25, 0.3) is 0 Å². The van der Waals surface area contributed by atoms with Gasteiger partial charge in [-0.1, -0.05) is 30.3 Å². The third kappa shape index (κ3) is 2.13. The first-order chi connectivity index (χ1) is 8.63. The molecule has 0 aliphatic rings. The van der Waals surface area contributed by atoms with E-state index in [9.17, 15) is 9.90 Å². The van der Waals surface area contributed by atoms with Crippen LogP contribution in [0.3, 0.4) is 0 Å². The maximum atomic E-state index is 12.2. The number of rotatable bonds is 3. The van der Waals surface area contributed by atoms with E-state index in [2.05, 4.69) is 0 Å². The molecule has 2 aromatic rings. The summed E-state index contributed by atoms with van der Waals surface area (Å²) in [4.78, 5) is 12.2. The van der Waals surface area contributed by atoms with Crippen molar-refractivity contribution in [3.63, 3.8) is 0 Å². The number of ketones is 1. The molecule has 0 aliphatic carbocycles. The van der Waals surface area contributed by atoms with Crippen molar-refractivity contribution in [1.29, 1.82) is 0 Å². The summed E-state index contributed by atoms with van der Waals surface area (Å²) in [5, 5.41) is 9.82. The summed E-state index contributed by atoms with van der Waals surface area (Å²) in [5.41, 5.74) is 6.71. The van der Waals surface area contributed by atoms with Gasteiger partial charge in [0.1, 0.15) is 11.5 Å². The highest BCUT2D eigenvalue weighted by Crippen LogP contribution is 2.31. The molecule has 0 amide bonds. The Morgan fingerprint density at radius 1 is 1.22 bits per heavy atom. The number of phenolic OH excluding ortho intramolecular Hbond substituents is 1. The van der Waals surface area contributed by atoms with Crippen LogP contribution in [0, 0.1) is 0 Å². The Bertz CT molecular complexity index is 579. The second-order valence-electron chi connectivity index (χ2n) is 3.81. The number of phenols is 1. The Labute approximate surface area is 105 Å². The Hall–Kier alpha value is -2.49. The monoisotopic (exact) mass is 243 g/mol. The predicted octanol–water partition coefficient (Wildman–Crippen LogP) is 2.21. The molecule has 0 unspecified atom stereocenters. The van der Waals surface area contributed by atoms with E-state index >= 15 is 0 Å². The van der Waals surface area contributed by atoms with Gasteiger partial charge in [0.05, 0.1) is 18.4 Å². The molecule has 0 radical (unpaired) electrons. The van der Waals surface area contributed by atoms with E-state index in [1.807, 2.05) is 6.07 Å². The number of carbonyl (C=O) groups excluding carboxylic acids is 1.